The van der Waals surface area contributed by atoms with E-state index in [2.05, 4.69) is 0 Å². The van der Waals surface area contributed by atoms with E-state index in [1.807, 2.05) is 6.92 Å². The SMILES string of the molecule is CC1CC(c2cc(C(=O)O)ccc2CS(C)(=O)=O)N(Cl)O1. The molecule has 2 atom stereocenters. The number of carbonyl (C=O) groups is 1. The van der Waals surface area contributed by atoms with E-state index in [9.17, 15) is 13.2 Å². The molecule has 1 aliphatic rings. The van der Waals surface area contributed by atoms with Gasteiger partial charge >= 0.3 is 5.97 Å². The van der Waals surface area contributed by atoms with Crippen molar-refractivity contribution >= 4 is 27.6 Å². The lowest BCUT2D eigenvalue weighted by Gasteiger charge is -2.19. The number of sulfone groups is 1. The van der Waals surface area contributed by atoms with Crippen LogP contribution in [-0.2, 0) is 20.4 Å². The van der Waals surface area contributed by atoms with E-state index in [1.54, 1.807) is 0 Å². The molecule has 1 saturated heterocycles. The predicted octanol–water partition coefficient (Wildman–Crippen LogP) is 2.15. The Balaban J connectivity index is 2.48. The molecule has 6 nitrogen and oxygen atoms in total. The van der Waals surface area contributed by atoms with Crippen LogP contribution in [-0.4, -0.2) is 36.4 Å². The number of aromatic carboxylic acids is 1. The smallest absolute Gasteiger partial charge is 0.335 e. The second-order valence-electron chi connectivity index (χ2n) is 5.23. The third-order valence-corrected chi connectivity index (χ3v) is 4.40. The van der Waals surface area contributed by atoms with Crippen LogP contribution < -0.4 is 0 Å². The standard InChI is InChI=1S/C13H16ClNO5S/c1-8-5-12(15(14)20-8)11-6-9(13(16)17)3-4-10(11)7-21(2,18)19/h3-4,6,8,12H,5,7H2,1-2H3,(H,16,17). The van der Waals surface area contributed by atoms with E-state index in [0.29, 0.717) is 17.5 Å². The molecule has 0 bridgehead atoms. The predicted molar refractivity (Wildman–Crippen MR) is 77.5 cm³/mol. The van der Waals surface area contributed by atoms with Crippen molar-refractivity contribution in [2.75, 3.05) is 6.26 Å². The summed E-state index contributed by atoms with van der Waals surface area (Å²) in [6.07, 6.45) is 1.57. The lowest BCUT2D eigenvalue weighted by Crippen LogP contribution is -2.15. The first-order valence-electron chi connectivity index (χ1n) is 6.33. The maximum atomic E-state index is 11.5. The van der Waals surface area contributed by atoms with Gasteiger partial charge in [-0.15, -0.1) is 0 Å². The Labute approximate surface area is 128 Å². The van der Waals surface area contributed by atoms with Gasteiger partial charge in [0.15, 0.2) is 9.84 Å². The van der Waals surface area contributed by atoms with Crippen LogP contribution in [0.2, 0.25) is 0 Å². The monoisotopic (exact) mass is 333 g/mol. The number of hydrogen-bond acceptors (Lipinski definition) is 5. The van der Waals surface area contributed by atoms with Crippen molar-refractivity contribution in [3.63, 3.8) is 0 Å². The molecule has 1 aromatic carbocycles. The summed E-state index contributed by atoms with van der Waals surface area (Å²) in [5.41, 5.74) is 1.20. The molecule has 8 heteroatoms. The number of rotatable bonds is 4. The normalized spacial score (nSPS) is 23.4. The van der Waals surface area contributed by atoms with Gasteiger partial charge in [0.25, 0.3) is 0 Å². The summed E-state index contributed by atoms with van der Waals surface area (Å²) >= 11 is 6.00. The van der Waals surface area contributed by atoms with Gasteiger partial charge in [-0.1, -0.05) is 10.6 Å². The van der Waals surface area contributed by atoms with Crippen LogP contribution in [0.1, 0.15) is 40.9 Å². The van der Waals surface area contributed by atoms with Gasteiger partial charge < -0.3 is 5.11 Å². The zero-order chi connectivity index (χ0) is 15.8. The van der Waals surface area contributed by atoms with E-state index in [4.69, 9.17) is 21.7 Å². The molecule has 0 spiro atoms. The van der Waals surface area contributed by atoms with Crippen molar-refractivity contribution < 1.29 is 23.2 Å². The maximum Gasteiger partial charge on any atom is 0.335 e. The van der Waals surface area contributed by atoms with Gasteiger partial charge in [0.2, 0.25) is 0 Å². The summed E-state index contributed by atoms with van der Waals surface area (Å²) in [6.45, 7) is 1.84. The van der Waals surface area contributed by atoms with E-state index in [-0.39, 0.29) is 23.5 Å². The van der Waals surface area contributed by atoms with E-state index in [1.165, 1.54) is 18.2 Å². The maximum absolute atomic E-state index is 11.5. The van der Waals surface area contributed by atoms with Gasteiger partial charge in [0.05, 0.1) is 23.5 Å². The minimum Gasteiger partial charge on any atom is -0.478 e. The minimum atomic E-state index is -3.24. The second-order valence-corrected chi connectivity index (χ2v) is 7.70. The molecule has 1 aromatic rings. The molecule has 1 heterocycles. The first-order chi connectivity index (χ1) is 9.67. The molecule has 0 aromatic heterocycles. The highest BCUT2D eigenvalue weighted by atomic mass is 35.5. The fourth-order valence-corrected chi connectivity index (χ4v) is 3.52. The van der Waals surface area contributed by atoms with Gasteiger partial charge in [-0.2, -0.15) is 0 Å². The number of carboxylic acids is 1. The third kappa shape index (κ3) is 3.94. The summed E-state index contributed by atoms with van der Waals surface area (Å²) in [7, 11) is -3.24. The van der Waals surface area contributed by atoms with Gasteiger partial charge in [-0.3, -0.25) is 4.84 Å². The molecule has 0 aliphatic carbocycles. The largest absolute Gasteiger partial charge is 0.478 e. The molecule has 2 rings (SSSR count). The summed E-state index contributed by atoms with van der Waals surface area (Å²) in [6, 6.07) is 4.00. The van der Waals surface area contributed by atoms with Crippen LogP contribution >= 0.6 is 11.8 Å². The van der Waals surface area contributed by atoms with Crippen molar-refractivity contribution in [3.8, 4) is 0 Å². The quantitative estimate of drug-likeness (QED) is 0.850. The van der Waals surface area contributed by atoms with Crippen molar-refractivity contribution in [2.45, 2.75) is 31.2 Å². The topological polar surface area (TPSA) is 83.9 Å². The Bertz CT molecular complexity index is 661. The summed E-state index contributed by atoms with van der Waals surface area (Å²) in [4.78, 5) is 16.4. The lowest BCUT2D eigenvalue weighted by atomic mass is 9.96. The number of hydrogen-bond donors (Lipinski definition) is 1. The fraction of sp³-hybridized carbons (Fsp3) is 0.462. The van der Waals surface area contributed by atoms with Crippen LogP contribution in [0.25, 0.3) is 0 Å². The van der Waals surface area contributed by atoms with Crippen molar-refractivity contribution in [1.29, 1.82) is 0 Å². The Morgan fingerprint density at radius 2 is 2.19 bits per heavy atom. The highest BCUT2D eigenvalue weighted by Crippen LogP contribution is 2.37. The first kappa shape index (κ1) is 16.2. The molecule has 21 heavy (non-hydrogen) atoms. The number of hydroxylamine groups is 1. The summed E-state index contributed by atoms with van der Waals surface area (Å²) in [5, 5.41) is 9.10. The molecule has 0 saturated carbocycles. The molecule has 0 radical (unpaired) electrons. The third-order valence-electron chi connectivity index (χ3n) is 3.25. The molecule has 2 unspecified atom stereocenters. The van der Waals surface area contributed by atoms with Crippen LogP contribution in [0.3, 0.4) is 0 Å². The average Bonchev–Trinajstić information content (AvgIpc) is 2.66. The molecule has 1 fully saturated rings. The van der Waals surface area contributed by atoms with Crippen LogP contribution in [0.4, 0.5) is 0 Å². The second kappa shape index (κ2) is 5.92. The van der Waals surface area contributed by atoms with E-state index >= 15 is 0 Å². The number of halogens is 1. The Kier molecular flexibility index (Phi) is 4.57. The lowest BCUT2D eigenvalue weighted by molar-refractivity contribution is -0.0835. The van der Waals surface area contributed by atoms with Gasteiger partial charge in [-0.05, 0) is 36.6 Å². The molecular weight excluding hydrogens is 318 g/mol. The van der Waals surface area contributed by atoms with Crippen LogP contribution in [0, 0.1) is 0 Å². The molecule has 0 amide bonds. The molecule has 1 aliphatic heterocycles. The Morgan fingerprint density at radius 1 is 1.52 bits per heavy atom. The van der Waals surface area contributed by atoms with Crippen molar-refractivity contribution in [2.24, 2.45) is 0 Å². The Hall–Kier alpha value is -1.15. The first-order valence-corrected chi connectivity index (χ1v) is 8.73. The highest BCUT2D eigenvalue weighted by molar-refractivity contribution is 7.89. The number of nitrogens with zero attached hydrogens (tertiary/aromatic N) is 1. The summed E-state index contributed by atoms with van der Waals surface area (Å²) < 4.78 is 24.2. The fourth-order valence-electron chi connectivity index (χ4n) is 2.37. The van der Waals surface area contributed by atoms with Crippen LogP contribution in [0.5, 0.6) is 0 Å². The Morgan fingerprint density at radius 3 is 2.67 bits per heavy atom. The van der Waals surface area contributed by atoms with Crippen molar-refractivity contribution in [1.82, 2.24) is 4.58 Å². The average molecular weight is 334 g/mol. The summed E-state index contributed by atoms with van der Waals surface area (Å²) in [5.74, 6) is -1.24. The highest BCUT2D eigenvalue weighted by Gasteiger charge is 2.33. The van der Waals surface area contributed by atoms with Gasteiger partial charge in [0.1, 0.15) is 0 Å². The number of carboxylic acid groups (broad SMARTS) is 1. The number of benzene rings is 1. The van der Waals surface area contributed by atoms with E-state index < -0.39 is 15.8 Å². The van der Waals surface area contributed by atoms with Crippen molar-refractivity contribution in [3.05, 3.63) is 34.9 Å². The van der Waals surface area contributed by atoms with E-state index in [0.717, 1.165) is 10.8 Å². The molecular formula is C13H16ClNO5S. The van der Waals surface area contributed by atoms with Gasteiger partial charge in [-0.25, -0.2) is 13.2 Å². The van der Waals surface area contributed by atoms with Gasteiger partial charge in [0, 0.05) is 18.0 Å². The zero-order valence-corrected chi connectivity index (χ0v) is 13.2. The van der Waals surface area contributed by atoms with Crippen LogP contribution in [0.15, 0.2) is 18.2 Å². The minimum absolute atomic E-state index is 0.0897. The molecule has 1 N–H and O–H groups in total. The zero-order valence-electron chi connectivity index (χ0n) is 11.6. The molecule has 116 valence electrons.